The van der Waals surface area contributed by atoms with Gasteiger partial charge in [-0.25, -0.2) is 9.48 Å². The maximum atomic E-state index is 11.7. The minimum absolute atomic E-state index is 0. The Balaban J connectivity index is 0.00000180. The normalized spacial score (nSPS) is 15.7. The van der Waals surface area contributed by atoms with Crippen LogP contribution >= 0.6 is 12.4 Å². The molecule has 1 fully saturated rings. The van der Waals surface area contributed by atoms with E-state index in [1.165, 1.54) is 0 Å². The molecule has 19 heavy (non-hydrogen) atoms. The maximum Gasteiger partial charge on any atom is 0.410 e. The quantitative estimate of drug-likeness (QED) is 0.876. The average molecular weight is 290 g/mol. The Morgan fingerprint density at radius 2 is 2.16 bits per heavy atom. The highest BCUT2D eigenvalue weighted by atomic mass is 35.5. The van der Waals surface area contributed by atoms with Crippen molar-refractivity contribution in [3.63, 3.8) is 0 Å². The molecule has 0 saturated carbocycles. The lowest BCUT2D eigenvalue weighted by Crippen LogP contribution is -2.52. The molecule has 0 spiro atoms. The lowest BCUT2D eigenvalue weighted by molar-refractivity contribution is -0.000615. The average Bonchev–Trinajstić information content (AvgIpc) is 2.60. The van der Waals surface area contributed by atoms with Gasteiger partial charge in [0.1, 0.15) is 5.60 Å². The van der Waals surface area contributed by atoms with E-state index >= 15 is 0 Å². The zero-order valence-electron chi connectivity index (χ0n) is 11.4. The number of likely N-dealkylation sites (tertiary alicyclic amines) is 1. The molecule has 0 aliphatic carbocycles. The first-order valence-corrected chi connectivity index (χ1v) is 5.98. The molecule has 0 atom stereocenters. The van der Waals surface area contributed by atoms with Gasteiger partial charge in [-0.05, 0) is 20.8 Å². The molecule has 0 bridgehead atoms. The van der Waals surface area contributed by atoms with Crippen LogP contribution in [0.25, 0.3) is 0 Å². The molecule has 1 saturated heterocycles. The largest absolute Gasteiger partial charge is 0.444 e. The molecular formula is C11H20ClN5O2. The van der Waals surface area contributed by atoms with E-state index in [4.69, 9.17) is 10.5 Å². The highest BCUT2D eigenvalue weighted by molar-refractivity contribution is 5.85. The zero-order chi connectivity index (χ0) is 13.3. The molecule has 1 aliphatic rings. The van der Waals surface area contributed by atoms with E-state index in [1.807, 2.05) is 27.0 Å². The van der Waals surface area contributed by atoms with E-state index in [0.29, 0.717) is 19.6 Å². The highest BCUT2D eigenvalue weighted by Gasteiger charge is 2.35. The molecular weight excluding hydrogens is 270 g/mol. The summed E-state index contributed by atoms with van der Waals surface area (Å²) < 4.78 is 7.03. The standard InChI is InChI=1S/C11H19N5O2.ClH/c1-11(2,3)18-10(17)15-6-9(7-15)16-5-8(4-12)13-14-16;/h5,9H,4,6-7,12H2,1-3H3;1H. The Kier molecular flexibility index (Phi) is 4.75. The molecule has 2 rings (SSSR count). The van der Waals surface area contributed by atoms with Crippen molar-refractivity contribution in [2.75, 3.05) is 13.1 Å². The predicted octanol–water partition coefficient (Wildman–Crippen LogP) is 0.950. The van der Waals surface area contributed by atoms with Gasteiger partial charge in [-0.2, -0.15) is 0 Å². The van der Waals surface area contributed by atoms with Crippen LogP contribution in [-0.4, -0.2) is 44.7 Å². The number of carbonyl (C=O) groups is 1. The van der Waals surface area contributed by atoms with Crippen molar-refractivity contribution in [3.8, 4) is 0 Å². The number of rotatable bonds is 2. The fraction of sp³-hybridized carbons (Fsp3) is 0.727. The molecule has 1 aromatic rings. The Morgan fingerprint density at radius 3 is 2.63 bits per heavy atom. The number of amides is 1. The number of hydrogen-bond acceptors (Lipinski definition) is 5. The second-order valence-corrected chi connectivity index (χ2v) is 5.43. The van der Waals surface area contributed by atoms with E-state index < -0.39 is 5.60 Å². The van der Waals surface area contributed by atoms with Crippen LogP contribution in [0, 0.1) is 0 Å². The predicted molar refractivity (Wildman–Crippen MR) is 72.0 cm³/mol. The van der Waals surface area contributed by atoms with Gasteiger partial charge < -0.3 is 15.4 Å². The third-order valence-corrected chi connectivity index (χ3v) is 2.65. The van der Waals surface area contributed by atoms with Crippen LogP contribution in [0.3, 0.4) is 0 Å². The summed E-state index contributed by atoms with van der Waals surface area (Å²) in [5.41, 5.74) is 5.77. The van der Waals surface area contributed by atoms with Gasteiger partial charge >= 0.3 is 6.09 Å². The molecule has 0 unspecified atom stereocenters. The van der Waals surface area contributed by atoms with Gasteiger partial charge in [-0.3, -0.25) is 0 Å². The second kappa shape index (κ2) is 5.75. The van der Waals surface area contributed by atoms with Crippen molar-refractivity contribution >= 4 is 18.5 Å². The molecule has 2 heterocycles. The van der Waals surface area contributed by atoms with Crippen LogP contribution in [0.5, 0.6) is 0 Å². The number of carbonyl (C=O) groups excluding carboxylic acids is 1. The van der Waals surface area contributed by atoms with Gasteiger partial charge in [-0.1, -0.05) is 5.21 Å². The number of nitrogens with zero attached hydrogens (tertiary/aromatic N) is 4. The van der Waals surface area contributed by atoms with Crippen LogP contribution < -0.4 is 5.73 Å². The number of halogens is 1. The van der Waals surface area contributed by atoms with Crippen molar-refractivity contribution in [2.45, 2.75) is 39.0 Å². The first-order valence-electron chi connectivity index (χ1n) is 5.98. The zero-order valence-corrected chi connectivity index (χ0v) is 12.2. The van der Waals surface area contributed by atoms with Gasteiger partial charge in [0.15, 0.2) is 0 Å². The Bertz CT molecular complexity index is 437. The van der Waals surface area contributed by atoms with Crippen molar-refractivity contribution in [2.24, 2.45) is 5.73 Å². The third-order valence-electron chi connectivity index (χ3n) is 2.65. The van der Waals surface area contributed by atoms with Crippen molar-refractivity contribution in [3.05, 3.63) is 11.9 Å². The van der Waals surface area contributed by atoms with Gasteiger partial charge in [0, 0.05) is 19.6 Å². The fourth-order valence-corrected chi connectivity index (χ4v) is 1.68. The summed E-state index contributed by atoms with van der Waals surface area (Å²) in [5, 5.41) is 7.91. The SMILES string of the molecule is CC(C)(C)OC(=O)N1CC(n2cc(CN)nn2)C1.Cl. The van der Waals surface area contributed by atoms with Gasteiger partial charge in [-0.15, -0.1) is 17.5 Å². The van der Waals surface area contributed by atoms with Crippen molar-refractivity contribution in [1.82, 2.24) is 19.9 Å². The Morgan fingerprint density at radius 1 is 1.53 bits per heavy atom. The molecule has 0 aromatic carbocycles. The minimum atomic E-state index is -0.456. The monoisotopic (exact) mass is 289 g/mol. The summed E-state index contributed by atoms with van der Waals surface area (Å²) in [7, 11) is 0. The maximum absolute atomic E-state index is 11.7. The number of nitrogens with two attached hydrogens (primary N) is 1. The minimum Gasteiger partial charge on any atom is -0.444 e. The summed E-state index contributed by atoms with van der Waals surface area (Å²) in [4.78, 5) is 13.4. The molecule has 1 aromatic heterocycles. The molecule has 7 nitrogen and oxygen atoms in total. The number of ether oxygens (including phenoxy) is 1. The first kappa shape index (κ1) is 15.7. The van der Waals surface area contributed by atoms with Gasteiger partial charge in [0.25, 0.3) is 0 Å². The number of hydrogen-bond donors (Lipinski definition) is 1. The van der Waals surface area contributed by atoms with Crippen LogP contribution in [-0.2, 0) is 11.3 Å². The molecule has 1 amide bonds. The topological polar surface area (TPSA) is 86.3 Å². The third kappa shape index (κ3) is 3.81. The van der Waals surface area contributed by atoms with Crippen molar-refractivity contribution in [1.29, 1.82) is 0 Å². The van der Waals surface area contributed by atoms with E-state index in [1.54, 1.807) is 9.58 Å². The second-order valence-electron chi connectivity index (χ2n) is 5.43. The van der Waals surface area contributed by atoms with Crippen LogP contribution in [0.1, 0.15) is 32.5 Å². The van der Waals surface area contributed by atoms with Crippen molar-refractivity contribution < 1.29 is 9.53 Å². The van der Waals surface area contributed by atoms with Crippen LogP contribution in [0.4, 0.5) is 4.79 Å². The first-order chi connectivity index (χ1) is 8.39. The van der Waals surface area contributed by atoms with E-state index in [-0.39, 0.29) is 24.5 Å². The lowest BCUT2D eigenvalue weighted by atomic mass is 10.1. The summed E-state index contributed by atoms with van der Waals surface area (Å²) in [5.74, 6) is 0. The lowest BCUT2D eigenvalue weighted by Gasteiger charge is -2.39. The van der Waals surface area contributed by atoms with E-state index in [2.05, 4.69) is 10.3 Å². The molecule has 108 valence electrons. The Labute approximate surface area is 118 Å². The van der Waals surface area contributed by atoms with Gasteiger partial charge in [0.05, 0.1) is 17.9 Å². The molecule has 2 N–H and O–H groups in total. The highest BCUT2D eigenvalue weighted by Crippen LogP contribution is 2.22. The molecule has 1 aliphatic heterocycles. The summed E-state index contributed by atoms with van der Waals surface area (Å²) in [6.45, 7) is 7.14. The van der Waals surface area contributed by atoms with E-state index in [9.17, 15) is 4.79 Å². The molecule has 8 heteroatoms. The smallest absolute Gasteiger partial charge is 0.410 e. The Hall–Kier alpha value is -1.34. The number of aromatic nitrogens is 3. The summed E-state index contributed by atoms with van der Waals surface area (Å²) in [6.07, 6.45) is 1.54. The van der Waals surface area contributed by atoms with Crippen LogP contribution in [0.15, 0.2) is 6.20 Å². The summed E-state index contributed by atoms with van der Waals surface area (Å²) in [6, 6.07) is 0.172. The van der Waals surface area contributed by atoms with Gasteiger partial charge in [0.2, 0.25) is 0 Å². The molecule has 0 radical (unpaired) electrons. The summed E-state index contributed by atoms with van der Waals surface area (Å²) >= 11 is 0. The van der Waals surface area contributed by atoms with E-state index in [0.717, 1.165) is 5.69 Å². The van der Waals surface area contributed by atoms with Crippen LogP contribution in [0.2, 0.25) is 0 Å². The fourth-order valence-electron chi connectivity index (χ4n) is 1.68.